The van der Waals surface area contributed by atoms with Crippen LogP contribution in [-0.4, -0.2) is 20.3 Å². The molecule has 0 spiro atoms. The Hall–Kier alpha value is -2.66. The maximum absolute atomic E-state index is 5.41. The molecule has 276 valence electrons. The van der Waals surface area contributed by atoms with Gasteiger partial charge >= 0.3 is 0 Å². The quantitative estimate of drug-likeness (QED) is 0.0994. The standard InChI is InChI=1S/C41H53N2P2.C5H5.Fe/c1-37(2,3)31-25-30(29(36(31)38(4,5)6)26-45(39(7,8)9)40(10,11)12)41(44,34-23-21-27-17-13-15-19-32(27)42-34)35-24-22-28-18-14-16-20-33(28)43-35;1-2-4-5-3-1;/h13-25H,26,44H2,1-12H3;1-5H;/q-1;-5;. The summed E-state index contributed by atoms with van der Waals surface area (Å²) in [5.74, 6) is 0. The van der Waals surface area contributed by atoms with Gasteiger partial charge < -0.3 is 30.3 Å². The Morgan fingerprint density at radius 3 is 1.37 bits per heavy atom. The first kappa shape index (κ1) is 41.1. The molecule has 2 aromatic heterocycles. The molecule has 1 atom stereocenters. The number of rotatable bonds is 5. The van der Waals surface area contributed by atoms with Crippen LogP contribution in [0.5, 0.6) is 0 Å². The van der Waals surface area contributed by atoms with Gasteiger partial charge in [0, 0.05) is 27.8 Å². The Balaban J connectivity index is 0.000000894. The summed E-state index contributed by atoms with van der Waals surface area (Å²) in [6.07, 6.45) is 1.05. The van der Waals surface area contributed by atoms with Crippen LogP contribution in [0.1, 0.15) is 117 Å². The Labute approximate surface area is 322 Å². The molecule has 0 N–H and O–H groups in total. The third kappa shape index (κ3) is 8.94. The van der Waals surface area contributed by atoms with Crippen LogP contribution in [-0.2, 0) is 39.2 Å². The summed E-state index contributed by atoms with van der Waals surface area (Å²) >= 11 is 0. The van der Waals surface area contributed by atoms with Crippen molar-refractivity contribution in [1.29, 1.82) is 0 Å². The largest absolute Gasteiger partial charge is 0.748 e. The van der Waals surface area contributed by atoms with E-state index in [1.54, 1.807) is 0 Å². The Kier molecular flexibility index (Phi) is 12.4. The summed E-state index contributed by atoms with van der Waals surface area (Å²) in [4.78, 5) is 10.8. The first-order valence-electron chi connectivity index (χ1n) is 18.0. The van der Waals surface area contributed by atoms with Gasteiger partial charge in [-0.1, -0.05) is 143 Å². The van der Waals surface area contributed by atoms with Crippen molar-refractivity contribution in [2.45, 2.75) is 116 Å². The first-order valence-corrected chi connectivity index (χ1v) is 20.1. The molecular formula is C46H58FeN2P2-6. The zero-order valence-corrected chi connectivity index (χ0v) is 36.0. The predicted octanol–water partition coefficient (Wildman–Crippen LogP) is 13.2. The van der Waals surface area contributed by atoms with Crippen LogP contribution < -0.4 is 0 Å². The summed E-state index contributed by atoms with van der Waals surface area (Å²) < 4.78 is 0. The summed E-state index contributed by atoms with van der Waals surface area (Å²) in [6.45, 7) is 29.0. The van der Waals surface area contributed by atoms with E-state index in [1.807, 2.05) is 30.3 Å². The van der Waals surface area contributed by atoms with E-state index in [0.29, 0.717) is 0 Å². The van der Waals surface area contributed by atoms with Crippen LogP contribution in [0.4, 0.5) is 0 Å². The molecular weight excluding hydrogens is 698 g/mol. The third-order valence-corrected chi connectivity index (χ3v) is 14.4. The molecule has 0 radical (unpaired) electrons. The molecule has 0 bridgehead atoms. The maximum Gasteiger partial charge on any atom is 0.0710 e. The topological polar surface area (TPSA) is 25.8 Å². The van der Waals surface area contributed by atoms with E-state index >= 15 is 0 Å². The molecule has 2 heterocycles. The molecule has 1 unspecified atom stereocenters. The van der Waals surface area contributed by atoms with Gasteiger partial charge in [0.05, 0.1) is 27.6 Å². The van der Waals surface area contributed by atoms with Gasteiger partial charge in [-0.3, -0.25) is 9.97 Å². The normalized spacial score (nSPS) is 12.9. The van der Waals surface area contributed by atoms with Crippen molar-refractivity contribution in [3.63, 3.8) is 0 Å². The van der Waals surface area contributed by atoms with Gasteiger partial charge in [0.2, 0.25) is 0 Å². The molecule has 0 aliphatic rings. The summed E-state index contributed by atoms with van der Waals surface area (Å²) in [6, 6.07) is 38.3. The van der Waals surface area contributed by atoms with Gasteiger partial charge in [0.1, 0.15) is 0 Å². The average molecular weight is 757 g/mol. The SMILES string of the molecule is CC(C)(C)c1cc(C(P)(c2ccc3ccccc3n2)c2ccc3ccccc3n2)[c-](CP(C(C)(C)C)C(C)(C)C)c1C(C)(C)C.[Fe].[cH-]1[cH-][cH-][cH-][cH-]1. The van der Waals surface area contributed by atoms with Crippen molar-refractivity contribution >= 4 is 39.0 Å². The predicted molar refractivity (Wildman–Crippen MR) is 225 cm³/mol. The minimum Gasteiger partial charge on any atom is -0.748 e. The summed E-state index contributed by atoms with van der Waals surface area (Å²) in [5, 5.41) is 2.02. The second kappa shape index (κ2) is 15.4. The number of pyridine rings is 2. The molecule has 51 heavy (non-hydrogen) atoms. The second-order valence-corrected chi connectivity index (χ2v) is 22.5. The van der Waals surface area contributed by atoms with E-state index in [-0.39, 0.29) is 38.2 Å². The molecule has 2 nitrogen and oxygen atoms in total. The molecule has 0 aliphatic heterocycles. The van der Waals surface area contributed by atoms with Gasteiger partial charge in [-0.25, -0.2) is 6.07 Å². The minimum atomic E-state index is -0.649. The first-order chi connectivity index (χ1) is 23.2. The number of nitrogens with zero attached hydrogens (tertiary/aromatic N) is 2. The minimum absolute atomic E-state index is 0. The maximum atomic E-state index is 5.41. The van der Waals surface area contributed by atoms with E-state index in [9.17, 15) is 0 Å². The van der Waals surface area contributed by atoms with Crippen LogP contribution >= 0.6 is 17.2 Å². The smallest absolute Gasteiger partial charge is 0.0710 e. The molecule has 0 fully saturated rings. The van der Waals surface area contributed by atoms with Crippen molar-refractivity contribution in [2.24, 2.45) is 0 Å². The van der Waals surface area contributed by atoms with Crippen LogP contribution in [0.2, 0.25) is 0 Å². The van der Waals surface area contributed by atoms with Crippen molar-refractivity contribution in [3.05, 3.63) is 143 Å². The van der Waals surface area contributed by atoms with Gasteiger partial charge in [-0.05, 0) is 40.0 Å². The molecule has 0 aliphatic carbocycles. The third-order valence-electron chi connectivity index (χ3n) is 9.66. The fraction of sp³-hybridized carbons (Fsp3) is 0.391. The van der Waals surface area contributed by atoms with Crippen LogP contribution in [0.25, 0.3) is 21.8 Å². The summed E-state index contributed by atoms with van der Waals surface area (Å²) in [5.41, 5.74) is 9.73. The number of hydrogen-bond acceptors (Lipinski definition) is 2. The van der Waals surface area contributed by atoms with Crippen molar-refractivity contribution in [2.75, 3.05) is 0 Å². The van der Waals surface area contributed by atoms with E-state index in [0.717, 1.165) is 39.4 Å². The van der Waals surface area contributed by atoms with Crippen LogP contribution in [0, 0.1) is 0 Å². The Morgan fingerprint density at radius 1 is 0.588 bits per heavy atom. The van der Waals surface area contributed by atoms with Crippen LogP contribution in [0.15, 0.2) is 109 Å². The van der Waals surface area contributed by atoms with Gasteiger partial charge in [0.25, 0.3) is 0 Å². The van der Waals surface area contributed by atoms with Crippen molar-refractivity contribution in [1.82, 2.24) is 9.97 Å². The van der Waals surface area contributed by atoms with E-state index in [1.165, 1.54) is 22.3 Å². The number of hydrogen-bond donors (Lipinski definition) is 0. The monoisotopic (exact) mass is 756 g/mol. The fourth-order valence-corrected chi connectivity index (χ4v) is 11.7. The molecule has 6 aromatic rings. The van der Waals surface area contributed by atoms with E-state index < -0.39 is 13.1 Å². The molecule has 4 aromatic carbocycles. The number of aromatic nitrogens is 2. The Morgan fingerprint density at radius 2 is 1.00 bits per heavy atom. The average Bonchev–Trinajstić information content (AvgIpc) is 3.74. The van der Waals surface area contributed by atoms with Gasteiger partial charge in [-0.2, -0.15) is 11.1 Å². The van der Waals surface area contributed by atoms with Gasteiger partial charge in [-0.15, -0.1) is 28.3 Å². The number of benzene rings is 2. The van der Waals surface area contributed by atoms with Crippen molar-refractivity contribution in [3.8, 4) is 0 Å². The molecule has 6 rings (SSSR count). The van der Waals surface area contributed by atoms with Crippen LogP contribution in [0.3, 0.4) is 0 Å². The van der Waals surface area contributed by atoms with E-state index in [2.05, 4.69) is 171 Å². The second-order valence-electron chi connectivity index (χ2n) is 17.8. The zero-order chi connectivity index (χ0) is 36.7. The van der Waals surface area contributed by atoms with E-state index in [4.69, 9.17) is 9.97 Å². The molecule has 5 heteroatoms. The number of fused-ring (bicyclic) bond motifs is 2. The Bertz CT molecular complexity index is 1930. The summed E-state index contributed by atoms with van der Waals surface area (Å²) in [7, 11) is 2.91. The fourth-order valence-electron chi connectivity index (χ4n) is 7.50. The zero-order valence-electron chi connectivity index (χ0n) is 32.9. The number of para-hydroxylation sites is 2. The molecule has 0 amide bonds. The van der Waals surface area contributed by atoms with Gasteiger partial charge in [0.15, 0.2) is 0 Å². The van der Waals surface area contributed by atoms with Crippen molar-refractivity contribution < 1.29 is 17.1 Å². The molecule has 0 saturated carbocycles. The molecule has 0 saturated heterocycles.